The third kappa shape index (κ3) is 1.57. The van der Waals surface area contributed by atoms with Gasteiger partial charge in [0.1, 0.15) is 5.82 Å². The molecule has 1 aromatic carbocycles. The molecule has 2 rings (SSSR count). The molecule has 0 heterocycles. The van der Waals surface area contributed by atoms with Crippen molar-refractivity contribution in [3.8, 4) is 0 Å². The molecule has 1 aliphatic carbocycles. The number of hydrogen-bond donors (Lipinski definition) is 0. The van der Waals surface area contributed by atoms with E-state index < -0.39 is 0 Å². The van der Waals surface area contributed by atoms with E-state index in [-0.39, 0.29) is 11.6 Å². The molecule has 1 aliphatic rings. The fourth-order valence-electron chi connectivity index (χ4n) is 1.92. The second-order valence-electron chi connectivity index (χ2n) is 3.89. The molecule has 0 aromatic heterocycles. The molecule has 0 bridgehead atoms. The fraction of sp³-hybridized carbons (Fsp3) is 0.417. The van der Waals surface area contributed by atoms with Gasteiger partial charge in [-0.2, -0.15) is 0 Å². The molecular formula is C12H13FO. The zero-order valence-electron chi connectivity index (χ0n) is 8.27. The van der Waals surface area contributed by atoms with Gasteiger partial charge >= 0.3 is 0 Å². The van der Waals surface area contributed by atoms with Gasteiger partial charge in [-0.15, -0.1) is 0 Å². The molecule has 0 N–H and O–H groups in total. The lowest BCUT2D eigenvalue weighted by atomic mass is 9.99. The first-order valence-corrected chi connectivity index (χ1v) is 5.00. The summed E-state index contributed by atoms with van der Waals surface area (Å²) in [5.74, 6) is -0.0287. The van der Waals surface area contributed by atoms with Crippen molar-refractivity contribution in [3.63, 3.8) is 0 Å². The highest BCUT2D eigenvalue weighted by atomic mass is 19.1. The average Bonchev–Trinajstić information content (AvgIpc) is 2.31. The second-order valence-corrected chi connectivity index (χ2v) is 3.89. The molecule has 0 saturated heterocycles. The van der Waals surface area contributed by atoms with Crippen molar-refractivity contribution < 1.29 is 9.18 Å². The summed E-state index contributed by atoms with van der Waals surface area (Å²) in [6, 6.07) is 3.21. The van der Waals surface area contributed by atoms with E-state index in [4.69, 9.17) is 0 Å². The van der Waals surface area contributed by atoms with Crippen molar-refractivity contribution in [2.24, 2.45) is 0 Å². The SMILES string of the molecule is Cc1cc2c(cc1F)CCCCC2=O. The zero-order chi connectivity index (χ0) is 10.1. The van der Waals surface area contributed by atoms with Crippen molar-refractivity contribution >= 4 is 5.78 Å². The highest BCUT2D eigenvalue weighted by Gasteiger charge is 2.16. The molecular weight excluding hydrogens is 179 g/mol. The molecule has 2 heteroatoms. The van der Waals surface area contributed by atoms with Gasteiger partial charge in [0.2, 0.25) is 0 Å². The Hall–Kier alpha value is -1.18. The Morgan fingerprint density at radius 2 is 1.93 bits per heavy atom. The fourth-order valence-corrected chi connectivity index (χ4v) is 1.92. The largest absolute Gasteiger partial charge is 0.294 e. The van der Waals surface area contributed by atoms with Crippen LogP contribution in [-0.2, 0) is 6.42 Å². The minimum atomic E-state index is -0.196. The third-order valence-electron chi connectivity index (χ3n) is 2.78. The number of carbonyl (C=O) groups excluding carboxylic acids is 1. The minimum Gasteiger partial charge on any atom is -0.294 e. The normalized spacial score (nSPS) is 16.3. The Morgan fingerprint density at radius 1 is 1.21 bits per heavy atom. The number of aryl methyl sites for hydroxylation is 2. The number of ketones is 1. The van der Waals surface area contributed by atoms with Gasteiger partial charge in [-0.1, -0.05) is 0 Å². The average molecular weight is 192 g/mol. The molecule has 0 fully saturated rings. The molecule has 0 amide bonds. The van der Waals surface area contributed by atoms with Crippen LogP contribution in [0.3, 0.4) is 0 Å². The highest BCUT2D eigenvalue weighted by Crippen LogP contribution is 2.23. The summed E-state index contributed by atoms with van der Waals surface area (Å²) in [6.45, 7) is 1.70. The van der Waals surface area contributed by atoms with Gasteiger partial charge in [0.25, 0.3) is 0 Å². The van der Waals surface area contributed by atoms with E-state index in [1.54, 1.807) is 13.0 Å². The lowest BCUT2D eigenvalue weighted by Crippen LogP contribution is -2.02. The maximum Gasteiger partial charge on any atom is 0.163 e. The first kappa shape index (κ1) is 9.38. The number of fused-ring (bicyclic) bond motifs is 1. The number of carbonyl (C=O) groups is 1. The number of hydrogen-bond acceptors (Lipinski definition) is 1. The molecule has 0 unspecified atom stereocenters. The smallest absolute Gasteiger partial charge is 0.163 e. The second kappa shape index (κ2) is 3.52. The van der Waals surface area contributed by atoms with Crippen LogP contribution in [0.25, 0.3) is 0 Å². The Bertz CT molecular complexity index is 382. The van der Waals surface area contributed by atoms with Crippen LogP contribution in [0.4, 0.5) is 4.39 Å². The maximum atomic E-state index is 13.3. The van der Waals surface area contributed by atoms with Crippen molar-refractivity contribution in [3.05, 3.63) is 34.6 Å². The number of halogens is 1. The van der Waals surface area contributed by atoms with Crippen LogP contribution in [0, 0.1) is 12.7 Å². The topological polar surface area (TPSA) is 17.1 Å². The monoisotopic (exact) mass is 192 g/mol. The zero-order valence-corrected chi connectivity index (χ0v) is 8.27. The molecule has 1 nitrogen and oxygen atoms in total. The summed E-state index contributed by atoms with van der Waals surface area (Å²) in [5.41, 5.74) is 2.19. The van der Waals surface area contributed by atoms with Gasteiger partial charge in [0, 0.05) is 12.0 Å². The Balaban J connectivity index is 2.54. The standard InChI is InChI=1S/C12H13FO/c1-8-6-10-9(7-11(8)13)4-2-3-5-12(10)14/h6-7H,2-5H2,1H3. The van der Waals surface area contributed by atoms with Gasteiger partial charge in [0.15, 0.2) is 5.78 Å². The molecule has 14 heavy (non-hydrogen) atoms. The lowest BCUT2D eigenvalue weighted by molar-refractivity contribution is 0.0982. The van der Waals surface area contributed by atoms with Gasteiger partial charge < -0.3 is 0 Å². The first-order valence-electron chi connectivity index (χ1n) is 5.00. The van der Waals surface area contributed by atoms with Crippen molar-refractivity contribution in [2.75, 3.05) is 0 Å². The maximum absolute atomic E-state index is 13.3. The van der Waals surface area contributed by atoms with Gasteiger partial charge in [-0.05, 0) is 49.4 Å². The highest BCUT2D eigenvalue weighted by molar-refractivity contribution is 5.98. The molecule has 74 valence electrons. The van der Waals surface area contributed by atoms with E-state index in [0.717, 1.165) is 30.4 Å². The predicted octanol–water partition coefficient (Wildman–Crippen LogP) is 3.04. The van der Waals surface area contributed by atoms with Gasteiger partial charge in [-0.3, -0.25) is 4.79 Å². The number of benzene rings is 1. The summed E-state index contributed by atoms with van der Waals surface area (Å²) in [5, 5.41) is 0. The Labute approximate surface area is 82.9 Å². The Morgan fingerprint density at radius 3 is 2.71 bits per heavy atom. The van der Waals surface area contributed by atoms with Crippen LogP contribution < -0.4 is 0 Å². The predicted molar refractivity (Wildman–Crippen MR) is 53.0 cm³/mol. The van der Waals surface area contributed by atoms with Crippen LogP contribution in [0.15, 0.2) is 12.1 Å². The summed E-state index contributed by atoms with van der Waals surface area (Å²) in [7, 11) is 0. The Kier molecular flexibility index (Phi) is 2.36. The van der Waals surface area contributed by atoms with Crippen molar-refractivity contribution in [2.45, 2.75) is 32.6 Å². The minimum absolute atomic E-state index is 0.167. The van der Waals surface area contributed by atoms with E-state index in [9.17, 15) is 9.18 Å². The summed E-state index contributed by atoms with van der Waals surface area (Å²) in [4.78, 5) is 11.6. The van der Waals surface area contributed by atoms with E-state index in [2.05, 4.69) is 0 Å². The first-order chi connectivity index (χ1) is 6.68. The number of Topliss-reactive ketones (excluding diaryl/α,β-unsaturated/α-hetero) is 1. The van der Waals surface area contributed by atoms with Crippen molar-refractivity contribution in [1.29, 1.82) is 0 Å². The van der Waals surface area contributed by atoms with Gasteiger partial charge in [0.05, 0.1) is 0 Å². The molecule has 0 saturated carbocycles. The molecule has 0 atom stereocenters. The van der Waals surface area contributed by atoms with Gasteiger partial charge in [-0.25, -0.2) is 4.39 Å². The molecule has 1 aromatic rings. The van der Waals surface area contributed by atoms with E-state index in [1.165, 1.54) is 6.07 Å². The van der Waals surface area contributed by atoms with Crippen LogP contribution in [0.2, 0.25) is 0 Å². The van der Waals surface area contributed by atoms with Crippen LogP contribution in [-0.4, -0.2) is 5.78 Å². The lowest BCUT2D eigenvalue weighted by Gasteiger charge is -2.06. The van der Waals surface area contributed by atoms with Crippen molar-refractivity contribution in [1.82, 2.24) is 0 Å². The van der Waals surface area contributed by atoms with Crippen LogP contribution in [0.5, 0.6) is 0 Å². The summed E-state index contributed by atoms with van der Waals surface area (Å²) >= 11 is 0. The van der Waals surface area contributed by atoms with E-state index in [1.807, 2.05) is 0 Å². The van der Waals surface area contributed by atoms with Crippen LogP contribution in [0.1, 0.15) is 40.7 Å². The third-order valence-corrected chi connectivity index (χ3v) is 2.78. The molecule has 0 radical (unpaired) electrons. The quantitative estimate of drug-likeness (QED) is 0.577. The molecule has 0 spiro atoms. The van der Waals surface area contributed by atoms with E-state index >= 15 is 0 Å². The summed E-state index contributed by atoms with van der Waals surface area (Å²) < 4.78 is 13.3. The number of rotatable bonds is 0. The summed E-state index contributed by atoms with van der Waals surface area (Å²) in [6.07, 6.45) is 3.35. The van der Waals surface area contributed by atoms with Crippen LogP contribution >= 0.6 is 0 Å². The molecule has 0 aliphatic heterocycles. The van der Waals surface area contributed by atoms with E-state index in [0.29, 0.717) is 12.0 Å².